The largest absolute Gasteiger partial charge is 0.504 e. The van der Waals surface area contributed by atoms with Crippen molar-refractivity contribution in [1.82, 2.24) is 10.1 Å². The molecule has 1 aliphatic rings. The molecule has 1 N–H and O–H groups in total. The first-order valence-corrected chi connectivity index (χ1v) is 7.24. The molecule has 0 bridgehead atoms. The Labute approximate surface area is 123 Å². The van der Waals surface area contributed by atoms with Crippen LogP contribution in [-0.2, 0) is 0 Å². The monoisotopic (exact) mass is 289 g/mol. The van der Waals surface area contributed by atoms with E-state index in [0.717, 1.165) is 25.9 Å². The number of benzene rings is 1. The first-order chi connectivity index (χ1) is 10.3. The minimum atomic E-state index is 0.0597. The predicted molar refractivity (Wildman–Crippen MR) is 78.6 cm³/mol. The number of anilines is 1. The zero-order valence-electron chi connectivity index (χ0n) is 12.1. The molecule has 1 saturated heterocycles. The summed E-state index contributed by atoms with van der Waals surface area (Å²) in [5.74, 6) is 1.52. The quantitative estimate of drug-likeness (QED) is 0.936. The molecule has 0 radical (unpaired) electrons. The molecule has 6 nitrogen and oxygen atoms in total. The topological polar surface area (TPSA) is 71.6 Å². The third-order valence-corrected chi connectivity index (χ3v) is 3.73. The average Bonchev–Trinajstić information content (AvgIpc) is 2.83. The van der Waals surface area contributed by atoms with Gasteiger partial charge in [0, 0.05) is 18.7 Å². The van der Waals surface area contributed by atoms with Crippen LogP contribution in [0.3, 0.4) is 0 Å². The average molecular weight is 289 g/mol. The van der Waals surface area contributed by atoms with Crippen LogP contribution in [-0.4, -0.2) is 35.4 Å². The van der Waals surface area contributed by atoms with E-state index in [4.69, 9.17) is 9.26 Å². The molecule has 0 aliphatic carbocycles. The van der Waals surface area contributed by atoms with Crippen LogP contribution in [0.1, 0.15) is 25.7 Å². The molecule has 1 aromatic heterocycles. The second-order valence-electron chi connectivity index (χ2n) is 5.19. The maximum absolute atomic E-state index is 9.82. The Bertz CT molecular complexity index is 604. The Kier molecular flexibility index (Phi) is 3.94. The zero-order valence-corrected chi connectivity index (χ0v) is 12.1. The lowest BCUT2D eigenvalue weighted by atomic mass is 10.2. The van der Waals surface area contributed by atoms with Crippen LogP contribution in [0.5, 0.6) is 11.5 Å². The summed E-state index contributed by atoms with van der Waals surface area (Å²) in [5, 5.41) is 13.9. The van der Waals surface area contributed by atoms with Crippen molar-refractivity contribution in [2.45, 2.75) is 25.7 Å². The summed E-state index contributed by atoms with van der Waals surface area (Å²) in [6.45, 7) is 1.93. The van der Waals surface area contributed by atoms with Crippen LogP contribution < -0.4 is 9.64 Å². The van der Waals surface area contributed by atoms with E-state index in [1.165, 1.54) is 20.0 Å². The lowest BCUT2D eigenvalue weighted by Crippen LogP contribution is -2.24. The van der Waals surface area contributed by atoms with Gasteiger partial charge in [-0.05, 0) is 36.2 Å². The molecule has 112 valence electrons. The van der Waals surface area contributed by atoms with E-state index < -0.39 is 0 Å². The predicted octanol–water partition coefficient (Wildman–Crippen LogP) is 2.83. The fourth-order valence-corrected chi connectivity index (χ4v) is 2.56. The lowest BCUT2D eigenvalue weighted by molar-refractivity contribution is 0.373. The van der Waals surface area contributed by atoms with Gasteiger partial charge < -0.3 is 19.3 Å². The van der Waals surface area contributed by atoms with Crippen molar-refractivity contribution in [1.29, 1.82) is 0 Å². The van der Waals surface area contributed by atoms with E-state index in [-0.39, 0.29) is 5.75 Å². The minimum absolute atomic E-state index is 0.0597. The molecule has 0 amide bonds. The highest BCUT2D eigenvalue weighted by Gasteiger charge is 2.17. The van der Waals surface area contributed by atoms with Crippen molar-refractivity contribution in [2.75, 3.05) is 25.1 Å². The van der Waals surface area contributed by atoms with Gasteiger partial charge in [-0.1, -0.05) is 12.8 Å². The van der Waals surface area contributed by atoms with Crippen molar-refractivity contribution < 1.29 is 14.4 Å². The van der Waals surface area contributed by atoms with E-state index >= 15 is 0 Å². The highest BCUT2D eigenvalue weighted by molar-refractivity contribution is 5.60. The molecular weight excluding hydrogens is 270 g/mol. The Balaban J connectivity index is 1.82. The van der Waals surface area contributed by atoms with Gasteiger partial charge in [-0.15, -0.1) is 0 Å². The third-order valence-electron chi connectivity index (χ3n) is 3.73. The van der Waals surface area contributed by atoms with E-state index in [1.54, 1.807) is 18.2 Å². The minimum Gasteiger partial charge on any atom is -0.504 e. The molecule has 1 aromatic carbocycles. The molecule has 2 heterocycles. The van der Waals surface area contributed by atoms with Gasteiger partial charge in [-0.2, -0.15) is 4.98 Å². The van der Waals surface area contributed by atoms with Gasteiger partial charge in [0.15, 0.2) is 11.5 Å². The van der Waals surface area contributed by atoms with Gasteiger partial charge in [0.05, 0.1) is 7.11 Å². The summed E-state index contributed by atoms with van der Waals surface area (Å²) in [7, 11) is 1.51. The SMILES string of the molecule is COc1ccc(-c2nc(N3CCCCCC3)no2)cc1O. The molecular formula is C15H19N3O3. The van der Waals surface area contributed by atoms with E-state index in [1.807, 2.05) is 0 Å². The van der Waals surface area contributed by atoms with Crippen LogP contribution in [0, 0.1) is 0 Å². The van der Waals surface area contributed by atoms with E-state index in [0.29, 0.717) is 23.2 Å². The molecule has 6 heteroatoms. The summed E-state index contributed by atoms with van der Waals surface area (Å²) in [6.07, 6.45) is 4.83. The van der Waals surface area contributed by atoms with Gasteiger partial charge in [0.25, 0.3) is 11.8 Å². The van der Waals surface area contributed by atoms with Crippen LogP contribution in [0.15, 0.2) is 22.7 Å². The van der Waals surface area contributed by atoms with Crippen LogP contribution >= 0.6 is 0 Å². The number of phenols is 1. The Morgan fingerprint density at radius 3 is 2.62 bits per heavy atom. The highest BCUT2D eigenvalue weighted by Crippen LogP contribution is 2.31. The van der Waals surface area contributed by atoms with Crippen LogP contribution in [0.2, 0.25) is 0 Å². The number of rotatable bonds is 3. The number of nitrogens with zero attached hydrogens (tertiary/aromatic N) is 3. The molecule has 0 saturated carbocycles. The van der Waals surface area contributed by atoms with Gasteiger partial charge in [0.2, 0.25) is 0 Å². The summed E-state index contributed by atoms with van der Waals surface area (Å²) in [5.41, 5.74) is 0.682. The van der Waals surface area contributed by atoms with Crippen molar-refractivity contribution in [3.63, 3.8) is 0 Å². The number of aromatic hydroxyl groups is 1. The first kappa shape index (κ1) is 13.7. The fourth-order valence-electron chi connectivity index (χ4n) is 2.56. The van der Waals surface area contributed by atoms with Crippen LogP contribution in [0.4, 0.5) is 5.95 Å². The van der Waals surface area contributed by atoms with Crippen molar-refractivity contribution in [2.24, 2.45) is 0 Å². The molecule has 1 fully saturated rings. The standard InChI is InChI=1S/C15H19N3O3/c1-20-13-7-6-11(10-12(13)19)14-16-15(17-21-14)18-8-4-2-3-5-9-18/h6-7,10,19H,2-5,8-9H2,1H3. The second-order valence-corrected chi connectivity index (χ2v) is 5.19. The number of hydrogen-bond acceptors (Lipinski definition) is 6. The van der Waals surface area contributed by atoms with Gasteiger partial charge in [-0.25, -0.2) is 0 Å². The lowest BCUT2D eigenvalue weighted by Gasteiger charge is -2.16. The molecule has 1 aliphatic heterocycles. The van der Waals surface area contributed by atoms with Crippen molar-refractivity contribution in [3.05, 3.63) is 18.2 Å². The molecule has 3 rings (SSSR count). The van der Waals surface area contributed by atoms with Gasteiger partial charge >= 0.3 is 0 Å². The molecule has 21 heavy (non-hydrogen) atoms. The molecule has 0 unspecified atom stereocenters. The summed E-state index contributed by atoms with van der Waals surface area (Å²) in [4.78, 5) is 6.59. The van der Waals surface area contributed by atoms with Gasteiger partial charge in [0.1, 0.15) is 0 Å². The third kappa shape index (κ3) is 2.94. The first-order valence-electron chi connectivity index (χ1n) is 7.24. The number of ether oxygens (including phenoxy) is 1. The Hall–Kier alpha value is -2.24. The number of methoxy groups -OCH3 is 1. The summed E-state index contributed by atoms with van der Waals surface area (Å²) in [6, 6.07) is 5.04. The van der Waals surface area contributed by atoms with Crippen molar-refractivity contribution in [3.8, 4) is 23.0 Å². The maximum atomic E-state index is 9.82. The number of phenolic OH excluding ortho intramolecular Hbond substituents is 1. The van der Waals surface area contributed by atoms with E-state index in [2.05, 4.69) is 15.0 Å². The second kappa shape index (κ2) is 6.03. The molecule has 0 atom stereocenters. The Morgan fingerprint density at radius 2 is 1.95 bits per heavy atom. The summed E-state index contributed by atoms with van der Waals surface area (Å²) >= 11 is 0. The number of aromatic nitrogens is 2. The van der Waals surface area contributed by atoms with Crippen molar-refractivity contribution >= 4 is 5.95 Å². The number of hydrogen-bond donors (Lipinski definition) is 1. The smallest absolute Gasteiger partial charge is 0.266 e. The van der Waals surface area contributed by atoms with E-state index in [9.17, 15) is 5.11 Å². The molecule has 0 spiro atoms. The normalized spacial score (nSPS) is 15.8. The summed E-state index contributed by atoms with van der Waals surface area (Å²) < 4.78 is 10.3. The molecule has 2 aromatic rings. The Morgan fingerprint density at radius 1 is 1.19 bits per heavy atom. The highest BCUT2D eigenvalue weighted by atomic mass is 16.5. The zero-order chi connectivity index (χ0) is 14.7. The van der Waals surface area contributed by atoms with Crippen LogP contribution in [0.25, 0.3) is 11.5 Å². The maximum Gasteiger partial charge on any atom is 0.266 e. The van der Waals surface area contributed by atoms with Gasteiger partial charge in [-0.3, -0.25) is 0 Å². The fraction of sp³-hybridized carbons (Fsp3) is 0.467.